The van der Waals surface area contributed by atoms with Crippen molar-refractivity contribution in [2.24, 2.45) is 51.9 Å². The van der Waals surface area contributed by atoms with Gasteiger partial charge in [0.15, 0.2) is 5.78 Å². The highest BCUT2D eigenvalue weighted by Gasteiger charge is 2.59. The number of hydrogen-bond donors (Lipinski definition) is 4. The number of nitrogens with one attached hydrogen (secondary N) is 1. The van der Waals surface area contributed by atoms with Gasteiger partial charge in [-0.25, -0.2) is 0 Å². The molecule has 6 aromatic carbocycles. The van der Waals surface area contributed by atoms with Crippen LogP contribution in [-0.2, 0) is 52.3 Å². The standard InChI is InChI=1S/C21H27NO2.C21H27NO.C15H21NO2.C13H16ClNO.C12H21N.C10H17N/c1-17(16-22(3)4)21(24-18(2)23,20-13-9-6-10-14-20)15-19-11-7-5-8-12-19;1-5-20(23)21(16-17(2)22(3)4,18-12-8-6-9-13-18)19-14-10-7-11-15-19;1-3-14(18)15(7-9-16(2)10-8-15)12-5-4-6-13(17)11-12;1-15-13(9-5-4-8-12(13)16)10-6-2-3-7-11(10)14;1-10-3-9-4-11(2,6-10)8-12(13,5-9)7-10;11-10-4-7-1-8(5-10)3-9(2-7)6-10/h5-14,17H,15-16H2,1-4H3;6-15,17H,5,16H2,1-4H3;4-6,11,17H,3,7-10H2,1-2H3;2-3,6-7,15H,4-5,8-9H2,1H3;9H,3-8,13H2,1-2H3;7-9H,1-6,11H2/t17?,21-;;;;;/m1...../s1. The monoisotopic (exact) mass is 1450 g/mol. The van der Waals surface area contributed by atoms with E-state index in [0.29, 0.717) is 58.9 Å². The van der Waals surface area contributed by atoms with Crippen LogP contribution in [0.3, 0.4) is 0 Å². The zero-order valence-corrected chi connectivity index (χ0v) is 66.9. The summed E-state index contributed by atoms with van der Waals surface area (Å²) in [5.74, 6) is 4.98. The van der Waals surface area contributed by atoms with Gasteiger partial charge in [0.1, 0.15) is 28.5 Å². The fraction of sp³-hybridized carbons (Fsp3) is 0.565. The maximum Gasteiger partial charge on any atom is 0.303 e. The smallest absolute Gasteiger partial charge is 0.303 e. The molecule has 1 saturated heterocycles. The van der Waals surface area contributed by atoms with Gasteiger partial charge in [-0.2, -0.15) is 0 Å². The van der Waals surface area contributed by atoms with Crippen molar-refractivity contribution >= 4 is 34.9 Å². The van der Waals surface area contributed by atoms with Gasteiger partial charge < -0.3 is 41.3 Å². The van der Waals surface area contributed by atoms with Crippen LogP contribution >= 0.6 is 11.6 Å². The molecule has 0 radical (unpaired) electrons. The number of ketones is 3. The highest BCUT2D eigenvalue weighted by atomic mass is 35.5. The molecule has 13 heteroatoms. The first kappa shape index (κ1) is 82.7. The topological polar surface area (TPSA) is 172 Å². The van der Waals surface area contributed by atoms with Crippen LogP contribution in [0.4, 0.5) is 0 Å². The number of phenols is 1. The summed E-state index contributed by atoms with van der Waals surface area (Å²) in [4.78, 5) is 56.3. The Bertz CT molecular complexity index is 3640. The summed E-state index contributed by atoms with van der Waals surface area (Å²) in [5.41, 5.74) is 18.6. The lowest BCUT2D eigenvalue weighted by Crippen LogP contribution is -2.62. The highest BCUT2D eigenvalue weighted by molar-refractivity contribution is 6.31. The minimum Gasteiger partial charge on any atom is -0.508 e. The third-order valence-electron chi connectivity index (χ3n) is 25.4. The van der Waals surface area contributed by atoms with Gasteiger partial charge in [-0.3, -0.25) is 19.2 Å². The Morgan fingerprint density at radius 3 is 1.59 bits per heavy atom. The van der Waals surface area contributed by atoms with E-state index in [0.717, 1.165) is 115 Å². The number of piperidine rings is 1. The Hall–Kier alpha value is -6.35. The first-order valence-electron chi connectivity index (χ1n) is 39.7. The second-order valence-electron chi connectivity index (χ2n) is 34.9. The van der Waals surface area contributed by atoms with Crippen LogP contribution in [-0.4, -0.2) is 122 Å². The Kier molecular flexibility index (Phi) is 28.2. The van der Waals surface area contributed by atoms with Crippen LogP contribution in [0.1, 0.15) is 217 Å². The molecule has 10 fully saturated rings. The molecule has 12 nitrogen and oxygen atoms in total. The van der Waals surface area contributed by atoms with Crippen LogP contribution in [0.25, 0.3) is 0 Å². The predicted octanol–water partition coefficient (Wildman–Crippen LogP) is 18.0. The largest absolute Gasteiger partial charge is 0.508 e. The molecule has 570 valence electrons. The number of halogens is 1. The lowest BCUT2D eigenvalue weighted by Gasteiger charge is -2.64. The summed E-state index contributed by atoms with van der Waals surface area (Å²) in [6.45, 7) is 17.3. The lowest BCUT2D eigenvalue weighted by atomic mass is 9.43. The van der Waals surface area contributed by atoms with Crippen molar-refractivity contribution in [2.45, 2.75) is 229 Å². The zero-order valence-electron chi connectivity index (χ0n) is 66.2. The van der Waals surface area contributed by atoms with E-state index >= 15 is 0 Å². The summed E-state index contributed by atoms with van der Waals surface area (Å²) in [7, 11) is 12.2. The second-order valence-corrected chi connectivity index (χ2v) is 35.3. The second kappa shape index (κ2) is 35.8. The Morgan fingerprint density at radius 1 is 0.648 bits per heavy atom. The molecule has 1 heterocycles. The van der Waals surface area contributed by atoms with E-state index in [-0.39, 0.29) is 40.2 Å². The van der Waals surface area contributed by atoms with E-state index in [1.54, 1.807) is 12.1 Å². The summed E-state index contributed by atoms with van der Waals surface area (Å²) in [5, 5.41) is 13.5. The van der Waals surface area contributed by atoms with E-state index in [1.165, 1.54) is 84.0 Å². The van der Waals surface area contributed by atoms with Gasteiger partial charge in [-0.05, 0) is 258 Å². The fourth-order valence-corrected chi connectivity index (χ4v) is 21.9. The number of nitrogens with two attached hydrogens (primary N) is 2. The van der Waals surface area contributed by atoms with Gasteiger partial charge in [0.05, 0.1) is 10.8 Å². The summed E-state index contributed by atoms with van der Waals surface area (Å²) >= 11 is 6.20. The third kappa shape index (κ3) is 20.1. The van der Waals surface area contributed by atoms with Crippen LogP contribution in [0.5, 0.6) is 5.75 Å². The average Bonchev–Trinajstić information content (AvgIpc) is 0.712. The minimum atomic E-state index is -0.682. The van der Waals surface area contributed by atoms with Crippen molar-refractivity contribution in [1.82, 2.24) is 20.0 Å². The number of likely N-dealkylation sites (N-methyl/N-ethyl adjacent to an activating group) is 1. The van der Waals surface area contributed by atoms with Gasteiger partial charge in [0.2, 0.25) is 0 Å². The molecule has 9 aliphatic carbocycles. The number of carbonyl (C=O) groups excluding carboxylic acids is 4. The summed E-state index contributed by atoms with van der Waals surface area (Å²) < 4.78 is 6.03. The van der Waals surface area contributed by atoms with E-state index in [1.807, 2.05) is 144 Å². The molecule has 0 spiro atoms. The Balaban J connectivity index is 0.000000148. The summed E-state index contributed by atoms with van der Waals surface area (Å²) in [6, 6.07) is 55.9. The summed E-state index contributed by atoms with van der Waals surface area (Å²) in [6.07, 6.45) is 24.6. The molecule has 6 aromatic rings. The molecule has 0 aromatic heterocycles. The van der Waals surface area contributed by atoms with Gasteiger partial charge in [0.25, 0.3) is 0 Å². The first-order valence-corrected chi connectivity index (χ1v) is 40.1. The predicted molar refractivity (Wildman–Crippen MR) is 431 cm³/mol. The number of esters is 1. The molecular weight excluding hydrogens is 1320 g/mol. The molecule has 16 rings (SSSR count). The quantitative estimate of drug-likeness (QED) is 0.0567. The van der Waals surface area contributed by atoms with Crippen molar-refractivity contribution < 1.29 is 29.0 Å². The molecule has 10 aliphatic rings. The SMILES string of the molecule is CC(=O)O[C@@](Cc1ccccc1)(c1ccccc1)C(C)CN(C)C.CC12CC3CC(C)(C1)CC(N)(C3)C2.CCC(=O)C(CC(C)N(C)C)(c1ccccc1)c1ccccc1.CCC(=O)C1(c2cccc(O)c2)CCN(C)CC1.CNC1(c2ccccc2Cl)CCCCC1=O.NC12CC3CC(CC(C3)C1)C2. The number of likely N-dealkylation sites (tertiary alicyclic amines) is 1. The fourth-order valence-electron chi connectivity index (χ4n) is 21.6. The maximum absolute atomic E-state index is 13.2. The lowest BCUT2D eigenvalue weighted by molar-refractivity contribution is -0.165. The molecular formula is C92H129ClN6O6. The molecule has 6 N–H and O–H groups in total. The highest BCUT2D eigenvalue weighted by Crippen LogP contribution is 2.65. The van der Waals surface area contributed by atoms with Gasteiger partial charge in [0, 0.05) is 67.2 Å². The van der Waals surface area contributed by atoms with Gasteiger partial charge >= 0.3 is 5.97 Å². The number of benzene rings is 6. The molecule has 105 heavy (non-hydrogen) atoms. The van der Waals surface area contributed by atoms with Gasteiger partial charge in [-0.15, -0.1) is 0 Å². The van der Waals surface area contributed by atoms with Crippen molar-refractivity contribution in [3.63, 3.8) is 0 Å². The van der Waals surface area contributed by atoms with E-state index in [2.05, 4.69) is 117 Å². The van der Waals surface area contributed by atoms with E-state index in [4.69, 9.17) is 27.8 Å². The molecule has 6 atom stereocenters. The van der Waals surface area contributed by atoms with E-state index in [9.17, 15) is 24.3 Å². The molecule has 0 amide bonds. The number of phenolic OH excluding ortho intramolecular Hbond substituents is 1. The number of aromatic hydroxyl groups is 1. The number of ether oxygens (including phenoxy) is 1. The number of rotatable bonds is 19. The molecule has 9 saturated carbocycles. The first-order chi connectivity index (χ1) is 49.9. The van der Waals surface area contributed by atoms with Crippen molar-refractivity contribution in [3.8, 4) is 5.75 Å². The third-order valence-corrected chi connectivity index (χ3v) is 25.8. The zero-order chi connectivity index (χ0) is 76.0. The molecule has 8 bridgehead atoms. The molecule has 5 unspecified atom stereocenters. The number of Topliss-reactive ketones (excluding diaryl/α,β-unsaturated/α-hetero) is 3. The van der Waals surface area contributed by atoms with Crippen molar-refractivity contribution in [2.75, 3.05) is 61.9 Å². The average molecular weight is 1450 g/mol. The van der Waals surface area contributed by atoms with Crippen molar-refractivity contribution in [1.29, 1.82) is 0 Å². The Labute approximate surface area is 637 Å². The van der Waals surface area contributed by atoms with Crippen LogP contribution in [0.15, 0.2) is 170 Å². The van der Waals surface area contributed by atoms with Crippen LogP contribution in [0.2, 0.25) is 5.02 Å². The Morgan fingerprint density at radius 2 is 1.15 bits per heavy atom. The van der Waals surface area contributed by atoms with Crippen molar-refractivity contribution in [3.05, 3.63) is 208 Å². The maximum atomic E-state index is 13.2. The van der Waals surface area contributed by atoms with Crippen LogP contribution < -0.4 is 16.8 Å². The van der Waals surface area contributed by atoms with Crippen LogP contribution in [0, 0.1) is 40.4 Å². The number of carbonyl (C=O) groups is 4. The van der Waals surface area contributed by atoms with Gasteiger partial charge in [-0.1, -0.05) is 204 Å². The number of nitrogens with zero attached hydrogens (tertiary/aromatic N) is 3. The van der Waals surface area contributed by atoms with E-state index < -0.39 is 16.6 Å². The normalized spacial score (nSPS) is 27.8. The minimum absolute atomic E-state index is 0.138. The number of hydrogen-bond acceptors (Lipinski definition) is 12. The molecule has 1 aliphatic heterocycles.